The molecule has 4 atom stereocenters. The molecule has 0 amide bonds. The number of thioether (sulfide) groups is 1. The molecule has 0 saturated carbocycles. The maximum absolute atomic E-state index is 10.0. The Kier molecular flexibility index (Phi) is 5.08. The van der Waals surface area contributed by atoms with E-state index in [4.69, 9.17) is 16.3 Å². The van der Waals surface area contributed by atoms with Crippen molar-refractivity contribution in [3.63, 3.8) is 0 Å². The molecule has 3 N–H and O–H groups in total. The number of hydrogen-bond donors (Lipinski definition) is 3. The van der Waals surface area contributed by atoms with Crippen LogP contribution in [0.4, 0.5) is 0 Å². The predicted octanol–water partition coefficient (Wildman–Crippen LogP) is 1.94. The summed E-state index contributed by atoms with van der Waals surface area (Å²) in [5.74, 6) is 0.700. The van der Waals surface area contributed by atoms with Crippen molar-refractivity contribution >= 4 is 23.4 Å². The van der Waals surface area contributed by atoms with Gasteiger partial charge in [0.25, 0.3) is 0 Å². The molecule has 7 heteroatoms. The molecule has 1 saturated heterocycles. The molecule has 23 heavy (non-hydrogen) atoms. The first-order valence-corrected chi connectivity index (χ1v) is 8.51. The minimum absolute atomic E-state index is 0.282. The van der Waals surface area contributed by atoms with Crippen molar-refractivity contribution in [1.29, 1.82) is 0 Å². The minimum atomic E-state index is -1.23. The zero-order valence-corrected chi connectivity index (χ0v) is 13.6. The number of pyridine rings is 1. The maximum atomic E-state index is 10.0. The van der Waals surface area contributed by atoms with Gasteiger partial charge in [0, 0.05) is 18.1 Å². The molecular weight excluding hydrogens is 338 g/mol. The zero-order chi connectivity index (χ0) is 16.4. The molecule has 1 fully saturated rings. The smallest absolute Gasteiger partial charge is 0.173 e. The van der Waals surface area contributed by atoms with E-state index in [2.05, 4.69) is 4.98 Å². The Labute approximate surface area is 142 Å². The quantitative estimate of drug-likeness (QED) is 0.782. The summed E-state index contributed by atoms with van der Waals surface area (Å²) in [5, 5.41) is 29.8. The van der Waals surface area contributed by atoms with E-state index in [1.54, 1.807) is 24.5 Å². The predicted molar refractivity (Wildman–Crippen MR) is 89.6 cm³/mol. The van der Waals surface area contributed by atoms with Gasteiger partial charge >= 0.3 is 0 Å². The van der Waals surface area contributed by atoms with Gasteiger partial charge in [-0.1, -0.05) is 17.7 Å². The van der Waals surface area contributed by atoms with Crippen molar-refractivity contribution in [2.45, 2.75) is 23.7 Å². The Balaban J connectivity index is 1.83. The number of aliphatic hydroxyl groups is 3. The number of nitrogens with zero attached hydrogens (tertiary/aromatic N) is 1. The summed E-state index contributed by atoms with van der Waals surface area (Å²) in [6.45, 7) is 0. The number of aliphatic hydroxyl groups excluding tert-OH is 3. The van der Waals surface area contributed by atoms with Gasteiger partial charge in [-0.05, 0) is 35.4 Å². The van der Waals surface area contributed by atoms with Crippen LogP contribution in [0.15, 0.2) is 42.7 Å². The first-order valence-electron chi connectivity index (χ1n) is 7.08. The van der Waals surface area contributed by atoms with E-state index in [0.29, 0.717) is 10.8 Å². The van der Waals surface area contributed by atoms with E-state index in [0.717, 1.165) is 11.1 Å². The highest BCUT2D eigenvalue weighted by atomic mass is 35.5. The summed E-state index contributed by atoms with van der Waals surface area (Å²) in [5.41, 5.74) is 1.18. The fraction of sp³-hybridized carbons (Fsp3) is 0.312. The topological polar surface area (TPSA) is 82.8 Å². The number of benzene rings is 1. The van der Waals surface area contributed by atoms with Crippen molar-refractivity contribution in [3.8, 4) is 16.9 Å². The molecule has 5 nitrogen and oxygen atoms in total. The van der Waals surface area contributed by atoms with Crippen molar-refractivity contribution < 1.29 is 20.1 Å². The van der Waals surface area contributed by atoms with Crippen LogP contribution in [0.1, 0.15) is 0 Å². The molecule has 122 valence electrons. The molecule has 0 unspecified atom stereocenters. The second-order valence-corrected chi connectivity index (χ2v) is 6.79. The summed E-state index contributed by atoms with van der Waals surface area (Å²) >= 11 is 7.41. The molecule has 1 aromatic carbocycles. The summed E-state index contributed by atoms with van der Waals surface area (Å²) in [6.07, 6.45) is 0.00705. The van der Waals surface area contributed by atoms with E-state index in [9.17, 15) is 15.3 Å². The number of aromatic nitrogens is 1. The van der Waals surface area contributed by atoms with Gasteiger partial charge in [-0.2, -0.15) is 0 Å². The van der Waals surface area contributed by atoms with Gasteiger partial charge in [0.05, 0.1) is 11.1 Å². The number of halogens is 1. The van der Waals surface area contributed by atoms with E-state index in [-0.39, 0.29) is 5.75 Å². The lowest BCUT2D eigenvalue weighted by atomic mass is 10.1. The normalized spacial score (nSPS) is 27.7. The highest BCUT2D eigenvalue weighted by Crippen LogP contribution is 2.35. The van der Waals surface area contributed by atoms with Crippen LogP contribution < -0.4 is 4.74 Å². The van der Waals surface area contributed by atoms with Crippen LogP contribution in [0.2, 0.25) is 5.02 Å². The maximum Gasteiger partial charge on any atom is 0.173 e. The highest BCUT2D eigenvalue weighted by molar-refractivity contribution is 7.99. The molecule has 1 aromatic heterocycles. The second-order valence-electron chi connectivity index (χ2n) is 5.25. The van der Waals surface area contributed by atoms with E-state index in [1.807, 2.05) is 18.2 Å². The van der Waals surface area contributed by atoms with Gasteiger partial charge in [0.1, 0.15) is 18.0 Å². The largest absolute Gasteiger partial charge is 0.475 e. The van der Waals surface area contributed by atoms with E-state index >= 15 is 0 Å². The second kappa shape index (κ2) is 7.07. The number of ether oxygens (including phenoxy) is 1. The van der Waals surface area contributed by atoms with Crippen LogP contribution in [0.3, 0.4) is 0 Å². The average Bonchev–Trinajstić information content (AvgIpc) is 2.58. The lowest BCUT2D eigenvalue weighted by molar-refractivity contribution is -0.0785. The summed E-state index contributed by atoms with van der Waals surface area (Å²) in [4.78, 5) is 3.98. The van der Waals surface area contributed by atoms with Crippen molar-refractivity contribution in [3.05, 3.63) is 47.7 Å². The first kappa shape index (κ1) is 16.5. The Morgan fingerprint density at radius 2 is 1.78 bits per heavy atom. The van der Waals surface area contributed by atoms with E-state index in [1.165, 1.54) is 11.8 Å². The molecule has 3 rings (SSSR count). The van der Waals surface area contributed by atoms with Crippen LogP contribution in [0.25, 0.3) is 11.1 Å². The van der Waals surface area contributed by atoms with Crippen LogP contribution in [0, 0.1) is 0 Å². The summed E-state index contributed by atoms with van der Waals surface area (Å²) < 4.78 is 5.77. The molecule has 1 aliphatic rings. The third-order valence-electron chi connectivity index (χ3n) is 3.64. The van der Waals surface area contributed by atoms with Gasteiger partial charge < -0.3 is 20.1 Å². The molecular formula is C16H16ClNO4S. The Morgan fingerprint density at radius 3 is 2.52 bits per heavy atom. The Bertz CT molecular complexity index is 672. The average molecular weight is 354 g/mol. The van der Waals surface area contributed by atoms with Gasteiger partial charge in [-0.3, -0.25) is 4.98 Å². The number of hydrogen-bond acceptors (Lipinski definition) is 6. The van der Waals surface area contributed by atoms with Crippen molar-refractivity contribution in [2.24, 2.45) is 0 Å². The van der Waals surface area contributed by atoms with Crippen LogP contribution >= 0.6 is 23.4 Å². The van der Waals surface area contributed by atoms with Gasteiger partial charge in [0.2, 0.25) is 0 Å². The fourth-order valence-electron chi connectivity index (χ4n) is 2.33. The van der Waals surface area contributed by atoms with Crippen LogP contribution in [-0.2, 0) is 0 Å². The molecule has 0 bridgehead atoms. The van der Waals surface area contributed by atoms with Gasteiger partial charge in [-0.25, -0.2) is 0 Å². The molecule has 2 aromatic rings. The summed E-state index contributed by atoms with van der Waals surface area (Å²) in [7, 11) is 0. The third-order valence-corrected chi connectivity index (χ3v) is 5.19. The van der Waals surface area contributed by atoms with Crippen molar-refractivity contribution in [2.75, 3.05) is 5.75 Å². The van der Waals surface area contributed by atoms with Crippen molar-refractivity contribution in [1.82, 2.24) is 4.98 Å². The Morgan fingerprint density at radius 1 is 1.04 bits per heavy atom. The standard InChI is InChI=1S/C16H16ClNO4S/c17-11-2-1-10(9-3-5-18-6-4-9)7-13(11)22-16-15(21)14(20)12(19)8-23-16/h1-7,12,14-16,19-21H,8H2/t12-,14+,15-,16-/m1/s1. The lowest BCUT2D eigenvalue weighted by Gasteiger charge is -2.34. The monoisotopic (exact) mass is 353 g/mol. The molecule has 1 aliphatic heterocycles. The molecule has 0 aliphatic carbocycles. The first-order chi connectivity index (χ1) is 11.1. The SMILES string of the molecule is O[C@@H]1[C@@H](O)[C@H](Oc2cc(-c3ccncc3)ccc2Cl)SC[C@H]1O. The molecule has 2 heterocycles. The Hall–Kier alpha value is -1.31. The minimum Gasteiger partial charge on any atom is -0.475 e. The molecule has 0 spiro atoms. The lowest BCUT2D eigenvalue weighted by Crippen LogP contribution is -2.50. The zero-order valence-electron chi connectivity index (χ0n) is 12.0. The highest BCUT2D eigenvalue weighted by Gasteiger charge is 2.38. The fourth-order valence-corrected chi connectivity index (χ4v) is 3.60. The van der Waals surface area contributed by atoms with E-state index < -0.39 is 23.7 Å². The van der Waals surface area contributed by atoms with Crippen LogP contribution in [-0.4, -0.2) is 49.8 Å². The number of rotatable bonds is 3. The summed E-state index contributed by atoms with van der Waals surface area (Å²) in [6, 6.07) is 9.11. The van der Waals surface area contributed by atoms with Crippen LogP contribution in [0.5, 0.6) is 5.75 Å². The van der Waals surface area contributed by atoms with Gasteiger partial charge in [0.15, 0.2) is 5.44 Å². The van der Waals surface area contributed by atoms with Gasteiger partial charge in [-0.15, -0.1) is 11.8 Å². The molecule has 0 radical (unpaired) electrons. The third kappa shape index (κ3) is 3.62.